The van der Waals surface area contributed by atoms with Gasteiger partial charge in [-0.3, -0.25) is 9.59 Å². The summed E-state index contributed by atoms with van der Waals surface area (Å²) in [5.41, 5.74) is 7.84. The Kier molecular flexibility index (Phi) is 6.51. The Labute approximate surface area is 229 Å². The van der Waals surface area contributed by atoms with Gasteiger partial charge in [0.1, 0.15) is 17.7 Å². The van der Waals surface area contributed by atoms with Crippen LogP contribution in [0.3, 0.4) is 0 Å². The number of carbonyl (C=O) groups is 2. The average molecular weight is 546 g/mol. The number of tetrazole rings is 1. The van der Waals surface area contributed by atoms with Crippen molar-refractivity contribution in [2.24, 2.45) is 17.6 Å². The van der Waals surface area contributed by atoms with Crippen LogP contribution >= 0.6 is 11.6 Å². The minimum Gasteiger partial charge on any atom is -0.384 e. The molecule has 3 unspecified atom stereocenters. The fraction of sp³-hybridized carbons (Fsp3) is 0.333. The van der Waals surface area contributed by atoms with Crippen molar-refractivity contribution in [1.29, 1.82) is 0 Å². The Morgan fingerprint density at radius 1 is 1.28 bits per heavy atom. The molecule has 1 fully saturated rings. The third-order valence-corrected chi connectivity index (χ3v) is 7.93. The van der Waals surface area contributed by atoms with Crippen LogP contribution in [-0.4, -0.2) is 48.5 Å². The van der Waals surface area contributed by atoms with Gasteiger partial charge in [0.05, 0.1) is 17.9 Å². The second-order valence-corrected chi connectivity index (χ2v) is 10.6. The largest absolute Gasteiger partial charge is 0.384 e. The summed E-state index contributed by atoms with van der Waals surface area (Å²) in [7, 11) is 0. The molecule has 3 aliphatic rings. The molecule has 2 aromatic heterocycles. The number of allylic oxidation sites excluding steroid dienone is 5. The van der Waals surface area contributed by atoms with Crippen molar-refractivity contribution >= 4 is 29.1 Å². The molecule has 2 aliphatic carbocycles. The standard InChI is InChI=1S/C27H28ClN9O2/c28-19-6-8-23(37-15-32-35-36-37)16(11-19)5-9-24(38)34-27-13-18(27)3-1-2-10-30-21-7-4-17(25(29)39)12-20(21)22-14-31-26(27)33-22/h4-9,11-12,14-16,18,23,30H,1-3,10,13H2,(H2,29,39)(H,31,33)(H,34,38)/b9-5+/t16?,18-,23?,27?/m1/s1. The van der Waals surface area contributed by atoms with Crippen LogP contribution in [0.25, 0.3) is 11.3 Å². The highest BCUT2D eigenvalue weighted by Gasteiger charge is 2.58. The Balaban J connectivity index is 1.26. The van der Waals surface area contributed by atoms with Crippen molar-refractivity contribution in [3.63, 3.8) is 0 Å². The third-order valence-electron chi connectivity index (χ3n) is 7.68. The van der Waals surface area contributed by atoms with Crippen LogP contribution in [0.1, 0.15) is 47.9 Å². The molecule has 3 aromatic rings. The number of aromatic amines is 1. The lowest BCUT2D eigenvalue weighted by Crippen LogP contribution is -2.36. The Bertz CT molecular complexity index is 1490. The molecule has 1 aromatic carbocycles. The van der Waals surface area contributed by atoms with E-state index in [0.29, 0.717) is 16.4 Å². The average Bonchev–Trinajstić information content (AvgIpc) is 3.30. The van der Waals surface area contributed by atoms with E-state index in [0.717, 1.165) is 49.2 Å². The lowest BCUT2D eigenvalue weighted by Gasteiger charge is -2.22. The zero-order valence-electron chi connectivity index (χ0n) is 21.0. The van der Waals surface area contributed by atoms with E-state index in [-0.39, 0.29) is 23.8 Å². The van der Waals surface area contributed by atoms with Crippen molar-refractivity contribution in [1.82, 2.24) is 35.5 Å². The van der Waals surface area contributed by atoms with Gasteiger partial charge in [0.2, 0.25) is 11.8 Å². The molecule has 0 spiro atoms. The van der Waals surface area contributed by atoms with Gasteiger partial charge < -0.3 is 21.4 Å². The first-order valence-corrected chi connectivity index (χ1v) is 13.3. The number of hydrogen-bond donors (Lipinski definition) is 4. The van der Waals surface area contributed by atoms with Gasteiger partial charge >= 0.3 is 0 Å². The molecule has 3 heterocycles. The second-order valence-electron chi connectivity index (χ2n) is 10.2. The summed E-state index contributed by atoms with van der Waals surface area (Å²) in [5.74, 6) is 0.0729. The van der Waals surface area contributed by atoms with E-state index in [1.165, 1.54) is 6.33 Å². The molecule has 5 N–H and O–H groups in total. The van der Waals surface area contributed by atoms with E-state index in [1.54, 1.807) is 35.2 Å². The predicted molar refractivity (Wildman–Crippen MR) is 145 cm³/mol. The molecule has 200 valence electrons. The summed E-state index contributed by atoms with van der Waals surface area (Å²) >= 11 is 6.25. The van der Waals surface area contributed by atoms with E-state index in [9.17, 15) is 9.59 Å². The summed E-state index contributed by atoms with van der Waals surface area (Å²) < 4.78 is 1.63. The lowest BCUT2D eigenvalue weighted by atomic mass is 9.94. The van der Waals surface area contributed by atoms with Gasteiger partial charge in [-0.1, -0.05) is 36.2 Å². The predicted octanol–water partition coefficient (Wildman–Crippen LogP) is 3.20. The summed E-state index contributed by atoms with van der Waals surface area (Å²) in [5, 5.41) is 18.7. The maximum absolute atomic E-state index is 13.3. The molecular weight excluding hydrogens is 518 g/mol. The van der Waals surface area contributed by atoms with Gasteiger partial charge in [-0.25, -0.2) is 9.67 Å². The SMILES string of the molecule is NC(=O)c1ccc2c(c1)-c1cnc([nH]1)C1(NC(=O)/C=C/C3C=C(Cl)C=CC3n3cnnn3)C[C@H]1CCCCN2. The van der Waals surface area contributed by atoms with Crippen LogP contribution in [0.2, 0.25) is 0 Å². The first-order valence-electron chi connectivity index (χ1n) is 12.9. The number of imidazole rings is 1. The van der Waals surface area contributed by atoms with Crippen molar-refractivity contribution in [2.75, 3.05) is 11.9 Å². The number of H-pyrrole nitrogens is 1. The molecule has 2 bridgehead atoms. The Morgan fingerprint density at radius 3 is 3.00 bits per heavy atom. The summed E-state index contributed by atoms with van der Waals surface area (Å²) in [6, 6.07) is 5.17. The van der Waals surface area contributed by atoms with Gasteiger partial charge in [-0.05, 0) is 66.0 Å². The molecule has 1 saturated carbocycles. The number of nitrogens with two attached hydrogens (primary N) is 1. The number of amides is 2. The number of hydrogen-bond acceptors (Lipinski definition) is 7. The fourth-order valence-corrected chi connectivity index (χ4v) is 5.75. The number of anilines is 1. The highest BCUT2D eigenvalue weighted by Crippen LogP contribution is 2.54. The van der Waals surface area contributed by atoms with Gasteiger partial charge in [0, 0.05) is 34.3 Å². The first kappa shape index (κ1) is 25.1. The number of halogens is 1. The minimum atomic E-state index is -0.580. The number of nitrogens with one attached hydrogen (secondary N) is 3. The van der Waals surface area contributed by atoms with E-state index in [4.69, 9.17) is 17.3 Å². The fourth-order valence-electron chi connectivity index (χ4n) is 5.53. The molecule has 4 atom stereocenters. The quantitative estimate of drug-likeness (QED) is 0.358. The molecule has 12 heteroatoms. The maximum atomic E-state index is 13.3. The van der Waals surface area contributed by atoms with Crippen LogP contribution in [-0.2, 0) is 10.3 Å². The zero-order chi connectivity index (χ0) is 27.0. The van der Waals surface area contributed by atoms with Crippen LogP contribution in [0.4, 0.5) is 5.69 Å². The Morgan fingerprint density at radius 2 is 2.18 bits per heavy atom. The van der Waals surface area contributed by atoms with Crippen LogP contribution < -0.4 is 16.4 Å². The van der Waals surface area contributed by atoms with Crippen LogP contribution in [0.5, 0.6) is 0 Å². The molecular formula is C27H28ClN9O2. The smallest absolute Gasteiger partial charge is 0.248 e. The Hall–Kier alpha value is -4.25. The van der Waals surface area contributed by atoms with Crippen LogP contribution in [0, 0.1) is 11.8 Å². The number of carbonyl (C=O) groups excluding carboxylic acids is 2. The van der Waals surface area contributed by atoms with Crippen molar-refractivity contribution in [3.8, 4) is 11.3 Å². The first-order chi connectivity index (χ1) is 18.9. The molecule has 11 nitrogen and oxygen atoms in total. The number of primary amides is 1. The van der Waals surface area contributed by atoms with Crippen molar-refractivity contribution in [3.05, 3.63) is 77.5 Å². The van der Waals surface area contributed by atoms with E-state index < -0.39 is 11.4 Å². The van der Waals surface area contributed by atoms with E-state index in [1.807, 2.05) is 24.3 Å². The number of benzene rings is 1. The normalized spacial score (nSPS) is 25.9. The maximum Gasteiger partial charge on any atom is 0.248 e. The number of aromatic nitrogens is 6. The monoisotopic (exact) mass is 545 g/mol. The topological polar surface area (TPSA) is 157 Å². The van der Waals surface area contributed by atoms with E-state index >= 15 is 0 Å². The van der Waals surface area contributed by atoms with Gasteiger partial charge in [0.15, 0.2) is 0 Å². The van der Waals surface area contributed by atoms with Gasteiger partial charge in [0.25, 0.3) is 0 Å². The zero-order valence-corrected chi connectivity index (χ0v) is 21.8. The number of nitrogens with zero attached hydrogens (tertiary/aromatic N) is 5. The van der Waals surface area contributed by atoms with Crippen molar-refractivity contribution in [2.45, 2.75) is 37.3 Å². The highest BCUT2D eigenvalue weighted by atomic mass is 35.5. The summed E-state index contributed by atoms with van der Waals surface area (Å²) in [4.78, 5) is 33.2. The number of fused-ring (bicyclic) bond motifs is 6. The molecule has 6 rings (SSSR count). The molecule has 0 saturated heterocycles. The van der Waals surface area contributed by atoms with Gasteiger partial charge in [-0.15, -0.1) is 5.10 Å². The molecule has 39 heavy (non-hydrogen) atoms. The minimum absolute atomic E-state index is 0.189. The molecule has 1 aliphatic heterocycles. The van der Waals surface area contributed by atoms with Crippen molar-refractivity contribution < 1.29 is 9.59 Å². The lowest BCUT2D eigenvalue weighted by molar-refractivity contribution is -0.117. The molecule has 0 radical (unpaired) electrons. The summed E-state index contributed by atoms with van der Waals surface area (Å²) in [6.07, 6.45) is 16.0. The number of rotatable bonds is 5. The highest BCUT2D eigenvalue weighted by molar-refractivity contribution is 6.31. The van der Waals surface area contributed by atoms with Gasteiger partial charge in [-0.2, -0.15) is 0 Å². The summed E-state index contributed by atoms with van der Waals surface area (Å²) in [6.45, 7) is 0.799. The molecule has 2 amide bonds. The second kappa shape index (κ2) is 10.1. The van der Waals surface area contributed by atoms with Crippen LogP contribution in [0.15, 0.2) is 66.1 Å². The van der Waals surface area contributed by atoms with E-state index in [2.05, 4.69) is 36.1 Å². The third kappa shape index (κ3) is 4.97.